The molecule has 10 nitrogen and oxygen atoms in total. The minimum absolute atomic E-state index is 0.833. The number of hydrogen-bond donors (Lipinski definition) is 1. The molecule has 0 unspecified atom stereocenters. The van der Waals surface area contributed by atoms with Crippen molar-refractivity contribution in [1.29, 1.82) is 0 Å². The van der Waals surface area contributed by atoms with E-state index in [0.717, 1.165) is 34.6 Å². The summed E-state index contributed by atoms with van der Waals surface area (Å²) in [6, 6.07) is 0. The van der Waals surface area contributed by atoms with Crippen LogP contribution in [0.2, 0.25) is 0 Å². The van der Waals surface area contributed by atoms with Crippen molar-refractivity contribution in [1.82, 2.24) is 0 Å². The predicted molar refractivity (Wildman–Crippen MR) is 66.1 cm³/mol. The van der Waals surface area contributed by atoms with Crippen molar-refractivity contribution < 1.29 is 39.8 Å². The van der Waals surface area contributed by atoms with Crippen LogP contribution in [-0.4, -0.2) is 57.9 Å². The van der Waals surface area contributed by atoms with Crippen molar-refractivity contribution in [2.45, 2.75) is 34.6 Å². The number of rotatable bonds is 4. The summed E-state index contributed by atoms with van der Waals surface area (Å²) in [6.07, 6.45) is 0. The predicted octanol–water partition coefficient (Wildman–Crippen LogP) is -0.235. The van der Waals surface area contributed by atoms with Gasteiger partial charge >= 0.3 is 104 Å². The van der Waals surface area contributed by atoms with Gasteiger partial charge in [0.05, 0.1) is 0 Å². The van der Waals surface area contributed by atoms with Crippen LogP contribution in [0.5, 0.6) is 0 Å². The molecular formula is C10H16O10Pb. The molecule has 0 aliphatic heterocycles. The van der Waals surface area contributed by atoms with Crippen LogP contribution in [0.25, 0.3) is 0 Å². The van der Waals surface area contributed by atoms with Crippen LogP contribution in [0.1, 0.15) is 34.6 Å². The van der Waals surface area contributed by atoms with Crippen molar-refractivity contribution in [2.24, 2.45) is 0 Å². The normalized spacial score (nSPS) is 9.38. The molecule has 0 saturated heterocycles. The number of carbonyl (C=O) groups excluding carboxylic acids is 4. The third-order valence-electron chi connectivity index (χ3n) is 1.07. The van der Waals surface area contributed by atoms with Crippen LogP contribution in [0.3, 0.4) is 0 Å². The van der Waals surface area contributed by atoms with E-state index in [1.807, 2.05) is 0 Å². The molecule has 1 N–H and O–H groups in total. The molecule has 21 heavy (non-hydrogen) atoms. The van der Waals surface area contributed by atoms with Gasteiger partial charge in [0.25, 0.3) is 5.97 Å². The Balaban J connectivity index is 0. The zero-order valence-electron chi connectivity index (χ0n) is 12.1. The van der Waals surface area contributed by atoms with Crippen LogP contribution in [0.4, 0.5) is 0 Å². The first-order valence-electron chi connectivity index (χ1n) is 5.38. The molecule has 0 rings (SSSR count). The molecule has 0 fully saturated rings. The molecule has 0 aromatic carbocycles. The summed E-state index contributed by atoms with van der Waals surface area (Å²) in [5.41, 5.74) is 0. The standard InChI is InChI=1S/5C2H4O2.Pb/c5*1-2(3)4;/h5*1H3,(H,3,4);/q;;;;;+4/p-4. The Morgan fingerprint density at radius 3 is 0.857 bits per heavy atom. The Bertz CT molecular complexity index is 356. The minimum atomic E-state index is -5.43. The first kappa shape index (κ1) is 21.6. The van der Waals surface area contributed by atoms with E-state index in [4.69, 9.17) is 9.90 Å². The van der Waals surface area contributed by atoms with Gasteiger partial charge in [-0.3, -0.25) is 4.79 Å². The molecule has 0 aromatic rings. The van der Waals surface area contributed by atoms with Crippen LogP contribution in [0, 0.1) is 0 Å². The molecule has 0 spiro atoms. The zero-order valence-corrected chi connectivity index (χ0v) is 16.0. The fourth-order valence-corrected chi connectivity index (χ4v) is 7.28. The average Bonchev–Trinajstić information content (AvgIpc) is 2.08. The second-order valence-electron chi connectivity index (χ2n) is 3.39. The van der Waals surface area contributed by atoms with Crippen LogP contribution in [0.15, 0.2) is 0 Å². The second kappa shape index (κ2) is 10.1. The van der Waals surface area contributed by atoms with E-state index in [1.165, 1.54) is 0 Å². The van der Waals surface area contributed by atoms with Gasteiger partial charge in [0.2, 0.25) is 0 Å². The van der Waals surface area contributed by atoms with Gasteiger partial charge in [-0.1, -0.05) is 0 Å². The van der Waals surface area contributed by atoms with Gasteiger partial charge < -0.3 is 5.11 Å². The van der Waals surface area contributed by atoms with Gasteiger partial charge in [-0.05, 0) is 0 Å². The summed E-state index contributed by atoms with van der Waals surface area (Å²) in [4.78, 5) is 52.5. The topological polar surface area (TPSA) is 143 Å². The number of aliphatic carboxylic acids is 1. The summed E-state index contributed by atoms with van der Waals surface area (Å²) in [5.74, 6) is -4.35. The maximum atomic E-state index is 10.9. The molecular weight excluding hydrogens is 487 g/mol. The van der Waals surface area contributed by atoms with Gasteiger partial charge in [-0.25, -0.2) is 0 Å². The van der Waals surface area contributed by atoms with Crippen molar-refractivity contribution in [3.05, 3.63) is 0 Å². The van der Waals surface area contributed by atoms with E-state index in [2.05, 4.69) is 10.7 Å². The third-order valence-corrected chi connectivity index (χ3v) is 9.43. The van der Waals surface area contributed by atoms with Crippen molar-refractivity contribution in [3.63, 3.8) is 0 Å². The molecule has 120 valence electrons. The summed E-state index contributed by atoms with van der Waals surface area (Å²) >= 11 is -5.43. The molecule has 0 atom stereocenters. The molecule has 11 heteroatoms. The van der Waals surface area contributed by atoms with Crippen molar-refractivity contribution >= 4 is 52.8 Å². The van der Waals surface area contributed by atoms with E-state index in [0.29, 0.717) is 0 Å². The van der Waals surface area contributed by atoms with Crippen LogP contribution in [-0.2, 0) is 34.7 Å². The molecule has 0 heterocycles. The van der Waals surface area contributed by atoms with Crippen molar-refractivity contribution in [2.75, 3.05) is 0 Å². The fourth-order valence-electron chi connectivity index (χ4n) is 0.829. The average molecular weight is 503 g/mol. The Hall–Kier alpha value is -1.73. The van der Waals surface area contributed by atoms with Gasteiger partial charge in [-0.2, -0.15) is 0 Å². The van der Waals surface area contributed by atoms with Gasteiger partial charge in [-0.15, -0.1) is 0 Å². The maximum absolute atomic E-state index is 10.9. The van der Waals surface area contributed by atoms with E-state index in [1.54, 1.807) is 0 Å². The molecule has 0 aromatic heterocycles. The van der Waals surface area contributed by atoms with Crippen LogP contribution >= 0.6 is 0 Å². The van der Waals surface area contributed by atoms with E-state index in [-0.39, 0.29) is 0 Å². The van der Waals surface area contributed by atoms with E-state index >= 15 is 0 Å². The quantitative estimate of drug-likeness (QED) is 0.511. The van der Waals surface area contributed by atoms with Gasteiger partial charge in [0.1, 0.15) is 0 Å². The summed E-state index contributed by atoms with van der Waals surface area (Å²) in [7, 11) is 0. The zero-order chi connectivity index (χ0) is 17.2. The first-order chi connectivity index (χ1) is 9.40. The number of carbonyl (C=O) groups is 5. The Kier molecular flexibility index (Phi) is 10.3. The summed E-state index contributed by atoms with van der Waals surface area (Å²) in [5, 5.41) is 7.42. The summed E-state index contributed by atoms with van der Waals surface area (Å²) in [6.45, 7) is 5.10. The molecule has 0 bridgehead atoms. The molecule has 0 aliphatic rings. The van der Waals surface area contributed by atoms with Gasteiger partial charge in [0.15, 0.2) is 0 Å². The first-order valence-corrected chi connectivity index (χ1v) is 11.7. The molecule has 0 radical (unpaired) electrons. The number of carboxylic acid groups (broad SMARTS) is 1. The van der Waals surface area contributed by atoms with E-state index < -0.39 is 52.8 Å². The number of carboxylic acids is 1. The Morgan fingerprint density at radius 2 is 0.762 bits per heavy atom. The van der Waals surface area contributed by atoms with Crippen molar-refractivity contribution in [3.8, 4) is 0 Å². The van der Waals surface area contributed by atoms with E-state index in [9.17, 15) is 19.2 Å². The third kappa shape index (κ3) is 14.5. The van der Waals surface area contributed by atoms with Crippen LogP contribution < -0.4 is 0 Å². The molecule has 0 aliphatic carbocycles. The molecule has 0 saturated carbocycles. The SMILES string of the molecule is CC(=O)O.CC(=O)[O][Pb]([O]C(C)=O)([O]C(C)=O)[O]C(C)=O. The Labute approximate surface area is 127 Å². The molecule has 0 amide bonds. The fraction of sp³-hybridized carbons (Fsp3) is 0.500. The summed E-state index contributed by atoms with van der Waals surface area (Å²) < 4.78 is 18.5. The second-order valence-corrected chi connectivity index (χ2v) is 10.5. The Morgan fingerprint density at radius 1 is 0.619 bits per heavy atom. The monoisotopic (exact) mass is 504 g/mol. The van der Waals surface area contributed by atoms with Gasteiger partial charge in [0, 0.05) is 6.92 Å². The number of hydrogen-bond acceptors (Lipinski definition) is 9.